The fraction of sp³-hybridized carbons (Fsp3) is 0.333. The molecule has 160 valence electrons. The molecule has 1 aromatic carbocycles. The molecular weight excluding hydrogens is 409 g/mol. The monoisotopic (exact) mass is 426 g/mol. The fourth-order valence-corrected chi connectivity index (χ4v) is 2.74. The maximum atomic E-state index is 12.6. The van der Waals surface area contributed by atoms with Gasteiger partial charge >= 0.3 is 18.0 Å². The van der Waals surface area contributed by atoms with Gasteiger partial charge < -0.3 is 19.1 Å². The van der Waals surface area contributed by atoms with E-state index in [-0.39, 0.29) is 30.6 Å². The largest absolute Gasteiger partial charge is 0.489 e. The number of aromatic carboxylic acids is 1. The Hall–Kier alpha value is -3.57. The van der Waals surface area contributed by atoms with Crippen LogP contribution in [0, 0.1) is 13.8 Å². The topological polar surface area (TPSA) is 113 Å². The van der Waals surface area contributed by atoms with E-state index in [9.17, 15) is 18.0 Å². The van der Waals surface area contributed by atoms with Crippen LogP contribution in [0.25, 0.3) is 11.4 Å². The molecule has 30 heavy (non-hydrogen) atoms. The number of aromatic nitrogens is 4. The number of carboxylic acids is 1. The summed E-state index contributed by atoms with van der Waals surface area (Å²) >= 11 is 0. The van der Waals surface area contributed by atoms with Gasteiger partial charge in [-0.3, -0.25) is 0 Å². The van der Waals surface area contributed by atoms with E-state index >= 15 is 0 Å². The zero-order chi connectivity index (χ0) is 22.1. The van der Waals surface area contributed by atoms with Crippen LogP contribution in [0.3, 0.4) is 0 Å². The highest BCUT2D eigenvalue weighted by atomic mass is 19.4. The Labute approximate surface area is 168 Å². The zero-order valence-corrected chi connectivity index (χ0v) is 16.1. The number of rotatable bonds is 7. The first-order valence-electron chi connectivity index (χ1n) is 8.61. The number of halogens is 3. The Morgan fingerprint density at radius 1 is 1.17 bits per heavy atom. The molecule has 0 atom stereocenters. The van der Waals surface area contributed by atoms with Crippen molar-refractivity contribution in [3.63, 3.8) is 0 Å². The SMILES string of the molecule is Cc1cc(-c2noc(C(F)(F)F)n2)cc(C)c1OCCOc1cc(C(=O)O)nn1C. The fourth-order valence-electron chi connectivity index (χ4n) is 2.74. The standard InChI is InChI=1S/C18H17F3N4O5/c1-9-6-11(15-22-17(30-24-15)18(19,20)21)7-10(2)14(9)29-5-4-28-13-8-12(16(26)27)23-25(13)3/h6-8H,4-5H2,1-3H3,(H,26,27). The van der Waals surface area contributed by atoms with Crippen LogP contribution >= 0.6 is 0 Å². The minimum Gasteiger partial charge on any atom is -0.489 e. The summed E-state index contributed by atoms with van der Waals surface area (Å²) in [5, 5.41) is 16.1. The van der Waals surface area contributed by atoms with Gasteiger partial charge in [-0.2, -0.15) is 23.3 Å². The summed E-state index contributed by atoms with van der Waals surface area (Å²) in [5.41, 5.74) is 1.56. The number of hydrogen-bond donors (Lipinski definition) is 1. The quantitative estimate of drug-likeness (QED) is 0.573. The minimum absolute atomic E-state index is 0.124. The van der Waals surface area contributed by atoms with Gasteiger partial charge in [0, 0.05) is 18.7 Å². The highest BCUT2D eigenvalue weighted by Crippen LogP contribution is 2.32. The summed E-state index contributed by atoms with van der Waals surface area (Å²) in [4.78, 5) is 14.3. The summed E-state index contributed by atoms with van der Waals surface area (Å²) in [6, 6.07) is 4.48. The molecular formula is C18H17F3N4O5. The molecule has 9 nitrogen and oxygen atoms in total. The van der Waals surface area contributed by atoms with Gasteiger partial charge in [-0.15, -0.1) is 0 Å². The normalized spacial score (nSPS) is 11.5. The number of ether oxygens (including phenoxy) is 2. The predicted octanol–water partition coefficient (Wildman–Crippen LogP) is 3.26. The summed E-state index contributed by atoms with van der Waals surface area (Å²) in [5.74, 6) is -1.93. The Balaban J connectivity index is 1.65. The van der Waals surface area contributed by atoms with Crippen LogP contribution in [0.15, 0.2) is 22.7 Å². The van der Waals surface area contributed by atoms with Crippen molar-refractivity contribution in [3.8, 4) is 23.0 Å². The van der Waals surface area contributed by atoms with Gasteiger partial charge in [0.2, 0.25) is 11.7 Å². The van der Waals surface area contributed by atoms with E-state index in [1.54, 1.807) is 33.0 Å². The first-order valence-corrected chi connectivity index (χ1v) is 8.61. The van der Waals surface area contributed by atoms with Crippen molar-refractivity contribution in [1.29, 1.82) is 0 Å². The Morgan fingerprint density at radius 2 is 1.80 bits per heavy atom. The molecule has 0 amide bonds. The molecule has 0 aliphatic rings. The lowest BCUT2D eigenvalue weighted by molar-refractivity contribution is -0.159. The highest BCUT2D eigenvalue weighted by Gasteiger charge is 2.38. The van der Waals surface area contributed by atoms with Gasteiger partial charge in [0.05, 0.1) is 0 Å². The lowest BCUT2D eigenvalue weighted by Crippen LogP contribution is -2.12. The van der Waals surface area contributed by atoms with Gasteiger partial charge in [0.1, 0.15) is 19.0 Å². The van der Waals surface area contributed by atoms with Gasteiger partial charge in [0.25, 0.3) is 0 Å². The maximum Gasteiger partial charge on any atom is 0.471 e. The number of benzene rings is 1. The van der Waals surface area contributed by atoms with Crippen molar-refractivity contribution in [2.75, 3.05) is 13.2 Å². The molecule has 0 spiro atoms. The molecule has 0 saturated heterocycles. The third-order valence-electron chi connectivity index (χ3n) is 4.02. The van der Waals surface area contributed by atoms with Crippen LogP contribution < -0.4 is 9.47 Å². The summed E-state index contributed by atoms with van der Waals surface area (Å²) in [6.45, 7) is 3.74. The summed E-state index contributed by atoms with van der Waals surface area (Å²) in [7, 11) is 1.55. The summed E-state index contributed by atoms with van der Waals surface area (Å²) < 4.78 is 54.7. The van der Waals surface area contributed by atoms with E-state index < -0.39 is 18.0 Å². The molecule has 0 aliphatic heterocycles. The van der Waals surface area contributed by atoms with Crippen LogP contribution in [0.1, 0.15) is 27.5 Å². The Bertz CT molecular complexity index is 1050. The average molecular weight is 426 g/mol. The molecule has 0 aliphatic carbocycles. The van der Waals surface area contributed by atoms with Crippen molar-refractivity contribution in [2.24, 2.45) is 7.05 Å². The second kappa shape index (κ2) is 8.05. The average Bonchev–Trinajstić information content (AvgIpc) is 3.27. The molecule has 0 bridgehead atoms. The van der Waals surface area contributed by atoms with E-state index in [4.69, 9.17) is 14.6 Å². The zero-order valence-electron chi connectivity index (χ0n) is 16.1. The molecule has 2 heterocycles. The van der Waals surface area contributed by atoms with Crippen LogP contribution in [-0.2, 0) is 13.2 Å². The number of alkyl halides is 3. The van der Waals surface area contributed by atoms with E-state index in [0.29, 0.717) is 22.4 Å². The van der Waals surface area contributed by atoms with Crippen molar-refractivity contribution in [3.05, 3.63) is 40.9 Å². The van der Waals surface area contributed by atoms with E-state index in [1.807, 2.05) is 0 Å². The van der Waals surface area contributed by atoms with Crippen molar-refractivity contribution in [2.45, 2.75) is 20.0 Å². The molecule has 2 aromatic heterocycles. The van der Waals surface area contributed by atoms with Crippen molar-refractivity contribution >= 4 is 5.97 Å². The maximum absolute atomic E-state index is 12.6. The minimum atomic E-state index is -4.71. The van der Waals surface area contributed by atoms with E-state index in [2.05, 4.69) is 19.8 Å². The molecule has 12 heteroatoms. The van der Waals surface area contributed by atoms with Crippen LogP contribution in [0.4, 0.5) is 13.2 Å². The highest BCUT2D eigenvalue weighted by molar-refractivity contribution is 5.85. The second-order valence-corrected chi connectivity index (χ2v) is 6.35. The molecule has 0 radical (unpaired) electrons. The Kier molecular flexibility index (Phi) is 5.67. The molecule has 0 saturated carbocycles. The molecule has 0 fully saturated rings. The lowest BCUT2D eigenvalue weighted by Gasteiger charge is -2.13. The van der Waals surface area contributed by atoms with Crippen molar-refractivity contribution in [1.82, 2.24) is 19.9 Å². The first-order chi connectivity index (χ1) is 14.1. The summed E-state index contributed by atoms with van der Waals surface area (Å²) in [6.07, 6.45) is -4.71. The first kappa shape index (κ1) is 21.1. The van der Waals surface area contributed by atoms with Crippen LogP contribution in [-0.4, -0.2) is 44.2 Å². The number of hydrogen-bond acceptors (Lipinski definition) is 7. The Morgan fingerprint density at radius 3 is 2.33 bits per heavy atom. The number of nitrogens with zero attached hydrogens (tertiary/aromatic N) is 4. The molecule has 1 N–H and O–H groups in total. The van der Waals surface area contributed by atoms with Gasteiger partial charge in [-0.05, 0) is 37.1 Å². The third kappa shape index (κ3) is 4.53. The third-order valence-corrected chi connectivity index (χ3v) is 4.02. The van der Waals surface area contributed by atoms with E-state index in [1.165, 1.54) is 10.7 Å². The molecule has 3 aromatic rings. The van der Waals surface area contributed by atoms with E-state index in [0.717, 1.165) is 0 Å². The molecule has 3 rings (SSSR count). The van der Waals surface area contributed by atoms with Crippen LogP contribution in [0.5, 0.6) is 11.6 Å². The van der Waals surface area contributed by atoms with Crippen LogP contribution in [0.2, 0.25) is 0 Å². The number of aryl methyl sites for hydroxylation is 3. The second-order valence-electron chi connectivity index (χ2n) is 6.35. The van der Waals surface area contributed by atoms with Gasteiger partial charge in [0.15, 0.2) is 5.69 Å². The smallest absolute Gasteiger partial charge is 0.471 e. The lowest BCUT2D eigenvalue weighted by atomic mass is 10.1. The number of carboxylic acid groups (broad SMARTS) is 1. The predicted molar refractivity (Wildman–Crippen MR) is 95.4 cm³/mol. The number of carbonyl (C=O) groups is 1. The molecule has 0 unspecified atom stereocenters. The van der Waals surface area contributed by atoms with Crippen molar-refractivity contribution < 1.29 is 37.1 Å². The van der Waals surface area contributed by atoms with Gasteiger partial charge in [-0.1, -0.05) is 5.16 Å². The van der Waals surface area contributed by atoms with Gasteiger partial charge in [-0.25, -0.2) is 9.48 Å².